The lowest BCUT2D eigenvalue weighted by atomic mass is 9.97. The SMILES string of the molecule is c1cnc2c(c1)ccc1c(-c3ccc(-c4ccc5ccc(-c6ccc7ccc(-c8ncncn8)nc7c6)nc5c4)cc3)ccnc12. The summed E-state index contributed by atoms with van der Waals surface area (Å²) in [4.78, 5) is 31.6. The number of hydrogen-bond acceptors (Lipinski definition) is 7. The number of hydrogen-bond donors (Lipinski definition) is 0. The first-order valence-electron chi connectivity index (χ1n) is 14.9. The Morgan fingerprint density at radius 3 is 1.87 bits per heavy atom. The standard InChI is InChI=1S/C39H23N7/c1-2-28-11-14-32-31(17-19-42-38(32)37(28)41-18-1)25-5-3-24(4-6-25)29-9-7-26-12-15-33(45-35(26)20-29)30-10-8-27-13-16-34(46-36(27)21-30)39-43-22-40-23-44-39/h1-23H. The Morgan fingerprint density at radius 1 is 0.413 bits per heavy atom. The molecular weight excluding hydrogens is 566 g/mol. The molecule has 5 aromatic heterocycles. The third-order valence-electron chi connectivity index (χ3n) is 8.41. The predicted octanol–water partition coefficient (Wildman–Crippen LogP) is 8.73. The van der Waals surface area contributed by atoms with Gasteiger partial charge >= 0.3 is 0 Å². The number of nitrogens with zero attached hydrogens (tertiary/aromatic N) is 7. The molecule has 9 rings (SSSR count). The summed E-state index contributed by atoms with van der Waals surface area (Å²) in [5.41, 5.74) is 10.7. The molecular formula is C39H23N7. The highest BCUT2D eigenvalue weighted by Gasteiger charge is 2.11. The zero-order valence-corrected chi connectivity index (χ0v) is 24.4. The first-order chi connectivity index (χ1) is 22.8. The zero-order valence-electron chi connectivity index (χ0n) is 24.4. The maximum Gasteiger partial charge on any atom is 0.181 e. The van der Waals surface area contributed by atoms with Crippen LogP contribution in [0.2, 0.25) is 0 Å². The third-order valence-corrected chi connectivity index (χ3v) is 8.41. The second-order valence-electron chi connectivity index (χ2n) is 11.1. The van der Waals surface area contributed by atoms with Crippen molar-refractivity contribution < 1.29 is 0 Å². The van der Waals surface area contributed by atoms with Gasteiger partial charge in [-0.15, -0.1) is 0 Å². The summed E-state index contributed by atoms with van der Waals surface area (Å²) in [6, 6.07) is 39.9. The smallest absolute Gasteiger partial charge is 0.181 e. The summed E-state index contributed by atoms with van der Waals surface area (Å²) in [7, 11) is 0. The molecule has 214 valence electrons. The molecule has 0 N–H and O–H groups in total. The Labute approximate surface area is 263 Å². The van der Waals surface area contributed by atoms with Crippen molar-refractivity contribution in [1.82, 2.24) is 34.9 Å². The molecule has 4 aromatic carbocycles. The van der Waals surface area contributed by atoms with Gasteiger partial charge in [-0.3, -0.25) is 9.97 Å². The molecule has 0 unspecified atom stereocenters. The molecule has 0 saturated heterocycles. The molecule has 46 heavy (non-hydrogen) atoms. The van der Waals surface area contributed by atoms with E-state index >= 15 is 0 Å². The highest BCUT2D eigenvalue weighted by Crippen LogP contribution is 2.33. The van der Waals surface area contributed by atoms with E-state index in [0.29, 0.717) is 11.5 Å². The van der Waals surface area contributed by atoms with Crippen LogP contribution in [0.25, 0.3) is 88.6 Å². The fourth-order valence-corrected chi connectivity index (χ4v) is 6.08. The van der Waals surface area contributed by atoms with Crippen molar-refractivity contribution in [2.75, 3.05) is 0 Å². The van der Waals surface area contributed by atoms with Crippen LogP contribution in [-0.2, 0) is 0 Å². The lowest BCUT2D eigenvalue weighted by Gasteiger charge is -2.10. The number of pyridine rings is 4. The molecule has 5 heterocycles. The van der Waals surface area contributed by atoms with Gasteiger partial charge < -0.3 is 0 Å². The van der Waals surface area contributed by atoms with Crippen molar-refractivity contribution in [2.45, 2.75) is 0 Å². The summed E-state index contributed by atoms with van der Waals surface area (Å²) >= 11 is 0. The lowest BCUT2D eigenvalue weighted by Crippen LogP contribution is -1.93. The fraction of sp³-hybridized carbons (Fsp3) is 0. The quantitative estimate of drug-likeness (QED) is 0.190. The molecule has 7 heteroatoms. The highest BCUT2D eigenvalue weighted by atomic mass is 15.0. The number of fused-ring (bicyclic) bond motifs is 5. The lowest BCUT2D eigenvalue weighted by molar-refractivity contribution is 1.05. The van der Waals surface area contributed by atoms with Crippen molar-refractivity contribution >= 4 is 43.6 Å². The predicted molar refractivity (Wildman–Crippen MR) is 183 cm³/mol. The fourth-order valence-electron chi connectivity index (χ4n) is 6.08. The van der Waals surface area contributed by atoms with Crippen LogP contribution in [0.15, 0.2) is 140 Å². The Morgan fingerprint density at radius 2 is 1.04 bits per heavy atom. The van der Waals surface area contributed by atoms with Crippen LogP contribution in [0.4, 0.5) is 0 Å². The van der Waals surface area contributed by atoms with E-state index in [1.54, 1.807) is 0 Å². The van der Waals surface area contributed by atoms with Crippen molar-refractivity contribution in [3.63, 3.8) is 0 Å². The Kier molecular flexibility index (Phi) is 5.99. The summed E-state index contributed by atoms with van der Waals surface area (Å²) in [6.45, 7) is 0. The summed E-state index contributed by atoms with van der Waals surface area (Å²) in [5, 5.41) is 4.31. The van der Waals surface area contributed by atoms with Crippen molar-refractivity contribution in [2.24, 2.45) is 0 Å². The van der Waals surface area contributed by atoms with Gasteiger partial charge in [0.15, 0.2) is 5.82 Å². The average molecular weight is 590 g/mol. The van der Waals surface area contributed by atoms with Gasteiger partial charge in [0.25, 0.3) is 0 Å². The van der Waals surface area contributed by atoms with E-state index in [4.69, 9.17) is 9.97 Å². The minimum absolute atomic E-state index is 0.548. The number of aromatic nitrogens is 7. The van der Waals surface area contributed by atoms with E-state index in [1.165, 1.54) is 12.7 Å². The molecule has 0 spiro atoms. The van der Waals surface area contributed by atoms with E-state index in [1.807, 2.05) is 30.6 Å². The summed E-state index contributed by atoms with van der Waals surface area (Å²) < 4.78 is 0. The van der Waals surface area contributed by atoms with E-state index in [0.717, 1.165) is 77.1 Å². The first-order valence-corrected chi connectivity index (χ1v) is 14.9. The molecule has 0 aliphatic carbocycles. The van der Waals surface area contributed by atoms with Crippen LogP contribution in [0.5, 0.6) is 0 Å². The van der Waals surface area contributed by atoms with Crippen molar-refractivity contribution in [3.05, 3.63) is 140 Å². The van der Waals surface area contributed by atoms with Gasteiger partial charge in [0.2, 0.25) is 0 Å². The average Bonchev–Trinajstić information content (AvgIpc) is 3.14. The molecule has 0 bridgehead atoms. The van der Waals surface area contributed by atoms with Gasteiger partial charge in [-0.2, -0.15) is 0 Å². The Balaban J connectivity index is 1.05. The topological polar surface area (TPSA) is 90.2 Å². The number of benzene rings is 4. The largest absolute Gasteiger partial charge is 0.254 e. The second-order valence-corrected chi connectivity index (χ2v) is 11.1. The van der Waals surface area contributed by atoms with Crippen LogP contribution < -0.4 is 0 Å². The third kappa shape index (κ3) is 4.50. The van der Waals surface area contributed by atoms with Gasteiger partial charge in [-0.05, 0) is 58.7 Å². The molecule has 0 amide bonds. The monoisotopic (exact) mass is 589 g/mol. The molecule has 0 fully saturated rings. The second kappa shape index (κ2) is 10.6. The molecule has 0 aliphatic rings. The molecule has 7 nitrogen and oxygen atoms in total. The van der Waals surface area contributed by atoms with Gasteiger partial charge in [-0.1, -0.05) is 78.9 Å². The van der Waals surface area contributed by atoms with E-state index in [2.05, 4.69) is 122 Å². The van der Waals surface area contributed by atoms with Gasteiger partial charge in [0.05, 0.1) is 27.8 Å². The molecule has 0 atom stereocenters. The molecule has 0 radical (unpaired) electrons. The normalized spacial score (nSPS) is 11.5. The molecule has 0 aliphatic heterocycles. The van der Waals surface area contributed by atoms with Gasteiger partial charge in [0, 0.05) is 39.5 Å². The van der Waals surface area contributed by atoms with E-state index in [9.17, 15) is 0 Å². The number of rotatable bonds is 4. The maximum atomic E-state index is 5.07. The first kappa shape index (κ1) is 26.0. The summed E-state index contributed by atoms with van der Waals surface area (Å²) in [5.74, 6) is 0.548. The zero-order chi connectivity index (χ0) is 30.5. The van der Waals surface area contributed by atoms with Crippen molar-refractivity contribution in [1.29, 1.82) is 0 Å². The van der Waals surface area contributed by atoms with Crippen LogP contribution in [-0.4, -0.2) is 34.9 Å². The minimum atomic E-state index is 0.548. The molecule has 9 aromatic rings. The molecule has 0 saturated carbocycles. The highest BCUT2D eigenvalue weighted by molar-refractivity contribution is 6.08. The Bertz CT molecular complexity index is 2580. The van der Waals surface area contributed by atoms with Crippen LogP contribution in [0, 0.1) is 0 Å². The van der Waals surface area contributed by atoms with Crippen LogP contribution >= 0.6 is 0 Å². The van der Waals surface area contributed by atoms with E-state index in [-0.39, 0.29) is 0 Å². The van der Waals surface area contributed by atoms with Gasteiger partial charge in [0.1, 0.15) is 18.3 Å². The summed E-state index contributed by atoms with van der Waals surface area (Å²) in [6.07, 6.45) is 6.65. The van der Waals surface area contributed by atoms with E-state index < -0.39 is 0 Å². The van der Waals surface area contributed by atoms with Gasteiger partial charge in [-0.25, -0.2) is 24.9 Å². The maximum absolute atomic E-state index is 5.07. The Hall–Kier alpha value is -6.47. The minimum Gasteiger partial charge on any atom is -0.254 e. The van der Waals surface area contributed by atoms with Crippen molar-refractivity contribution in [3.8, 4) is 45.0 Å². The van der Waals surface area contributed by atoms with Crippen LogP contribution in [0.1, 0.15) is 0 Å². The van der Waals surface area contributed by atoms with Crippen LogP contribution in [0.3, 0.4) is 0 Å².